The van der Waals surface area contributed by atoms with Gasteiger partial charge in [-0.25, -0.2) is 0 Å². The molecule has 0 radical (unpaired) electrons. The molecule has 1 aromatic carbocycles. The number of nitrogens with zero attached hydrogens (tertiary/aromatic N) is 1. The number of aliphatic hydroxyl groups is 1. The first-order valence-corrected chi connectivity index (χ1v) is 8.70. The van der Waals surface area contributed by atoms with Crippen molar-refractivity contribution >= 4 is 11.7 Å². The molecule has 1 aliphatic heterocycles. The van der Waals surface area contributed by atoms with E-state index in [0.717, 1.165) is 24.0 Å². The molecular weight excluding hydrogens is 302 g/mol. The van der Waals surface area contributed by atoms with Crippen molar-refractivity contribution in [3.8, 4) is 0 Å². The van der Waals surface area contributed by atoms with Crippen molar-refractivity contribution in [2.45, 2.75) is 53.0 Å². The molecule has 0 saturated heterocycles. The molecular formula is C20H27NO3. The predicted molar refractivity (Wildman–Crippen MR) is 94.7 cm³/mol. The van der Waals surface area contributed by atoms with Gasteiger partial charge >= 0.3 is 0 Å². The second-order valence-electron chi connectivity index (χ2n) is 6.95. The summed E-state index contributed by atoms with van der Waals surface area (Å²) in [6.07, 6.45) is 2.12. The Morgan fingerprint density at radius 3 is 2.62 bits per heavy atom. The molecule has 1 N–H and O–H groups in total. The Kier molecular flexibility index (Phi) is 5.81. The maximum absolute atomic E-state index is 12.7. The quantitative estimate of drug-likeness (QED) is 0.819. The number of rotatable bonds is 7. The molecule has 1 aliphatic rings. The van der Waals surface area contributed by atoms with E-state index < -0.39 is 11.9 Å². The van der Waals surface area contributed by atoms with E-state index in [4.69, 9.17) is 0 Å². The Hall–Kier alpha value is -2.10. The van der Waals surface area contributed by atoms with Crippen LogP contribution in [-0.4, -0.2) is 28.2 Å². The van der Waals surface area contributed by atoms with Gasteiger partial charge in [0.2, 0.25) is 0 Å². The van der Waals surface area contributed by atoms with Crippen molar-refractivity contribution in [3.05, 3.63) is 46.7 Å². The zero-order valence-electron chi connectivity index (χ0n) is 15.0. The van der Waals surface area contributed by atoms with Gasteiger partial charge in [0, 0.05) is 13.0 Å². The molecule has 1 unspecified atom stereocenters. The van der Waals surface area contributed by atoms with Crippen LogP contribution in [0.1, 0.15) is 57.2 Å². The molecule has 1 heterocycles. The minimum atomic E-state index is -0.477. The van der Waals surface area contributed by atoms with E-state index in [1.807, 2.05) is 45.0 Å². The molecule has 1 amide bonds. The van der Waals surface area contributed by atoms with Crippen molar-refractivity contribution in [1.29, 1.82) is 0 Å². The molecule has 0 fully saturated rings. The van der Waals surface area contributed by atoms with E-state index in [1.54, 1.807) is 4.90 Å². The first-order valence-electron chi connectivity index (χ1n) is 8.70. The van der Waals surface area contributed by atoms with E-state index in [2.05, 4.69) is 6.92 Å². The van der Waals surface area contributed by atoms with Gasteiger partial charge in [0.05, 0.1) is 11.6 Å². The third kappa shape index (κ3) is 3.69. The number of amides is 1. The summed E-state index contributed by atoms with van der Waals surface area (Å²) in [7, 11) is 0. The lowest BCUT2D eigenvalue weighted by molar-refractivity contribution is -0.129. The van der Waals surface area contributed by atoms with E-state index in [9.17, 15) is 14.7 Å². The van der Waals surface area contributed by atoms with Crippen molar-refractivity contribution < 1.29 is 14.7 Å². The van der Waals surface area contributed by atoms with E-state index in [-0.39, 0.29) is 23.0 Å². The molecule has 0 bridgehead atoms. The summed E-state index contributed by atoms with van der Waals surface area (Å²) in [6, 6.07) is 7.34. The Morgan fingerprint density at radius 1 is 1.33 bits per heavy atom. The van der Waals surface area contributed by atoms with E-state index in [1.165, 1.54) is 0 Å². The number of aryl methyl sites for hydroxylation is 1. The number of Topliss-reactive ketones (excluding diaryl/α,β-unsaturated/α-hetero) is 1. The van der Waals surface area contributed by atoms with Gasteiger partial charge < -0.3 is 10.0 Å². The number of carbonyl (C=O) groups is 2. The van der Waals surface area contributed by atoms with Gasteiger partial charge in [-0.2, -0.15) is 0 Å². The van der Waals surface area contributed by atoms with E-state index >= 15 is 0 Å². The summed E-state index contributed by atoms with van der Waals surface area (Å²) in [5.74, 6) is -0.762. The van der Waals surface area contributed by atoms with Crippen LogP contribution in [0.5, 0.6) is 0 Å². The van der Waals surface area contributed by atoms with Crippen LogP contribution in [0.15, 0.2) is 35.6 Å². The number of carbonyl (C=O) groups excluding carboxylic acids is 2. The SMILES string of the molecule is CCCCN1C(=O)C(O)=C(C(=O)CC(C)C)C1c1cccc(C)c1. The summed E-state index contributed by atoms with van der Waals surface area (Å²) < 4.78 is 0. The maximum Gasteiger partial charge on any atom is 0.290 e. The van der Waals surface area contributed by atoms with Crippen LogP contribution in [0.2, 0.25) is 0 Å². The fourth-order valence-corrected chi connectivity index (χ4v) is 3.17. The lowest BCUT2D eigenvalue weighted by atomic mass is 9.91. The Morgan fingerprint density at radius 2 is 2.04 bits per heavy atom. The summed E-state index contributed by atoms with van der Waals surface area (Å²) in [5, 5.41) is 10.4. The number of hydrogen-bond donors (Lipinski definition) is 1. The minimum absolute atomic E-state index is 0.138. The topological polar surface area (TPSA) is 57.6 Å². The fourth-order valence-electron chi connectivity index (χ4n) is 3.17. The molecule has 4 nitrogen and oxygen atoms in total. The minimum Gasteiger partial charge on any atom is -0.503 e. The lowest BCUT2D eigenvalue weighted by Crippen LogP contribution is -2.32. The average Bonchev–Trinajstić information content (AvgIpc) is 2.76. The molecule has 0 aliphatic carbocycles. The summed E-state index contributed by atoms with van der Waals surface area (Å²) in [6.45, 7) is 8.50. The third-order valence-electron chi connectivity index (χ3n) is 4.31. The zero-order valence-corrected chi connectivity index (χ0v) is 15.0. The highest BCUT2D eigenvalue weighted by molar-refractivity contribution is 6.09. The van der Waals surface area contributed by atoms with Crippen molar-refractivity contribution in [3.63, 3.8) is 0 Å². The molecule has 4 heteroatoms. The number of ketones is 1. The smallest absolute Gasteiger partial charge is 0.290 e. The standard InChI is InChI=1S/C20H27NO3/c1-5-6-10-21-18(15-9-7-8-14(4)12-15)17(19(23)20(21)24)16(22)11-13(2)3/h7-9,12-13,18,23H,5-6,10-11H2,1-4H3. The van der Waals surface area contributed by atoms with Gasteiger partial charge in [-0.3, -0.25) is 9.59 Å². The number of aliphatic hydroxyl groups excluding tert-OH is 1. The third-order valence-corrected chi connectivity index (χ3v) is 4.31. The fraction of sp³-hybridized carbons (Fsp3) is 0.500. The van der Waals surface area contributed by atoms with Crippen LogP contribution < -0.4 is 0 Å². The Bertz CT molecular complexity index is 661. The zero-order chi connectivity index (χ0) is 17.9. The van der Waals surface area contributed by atoms with E-state index in [0.29, 0.717) is 13.0 Å². The molecule has 130 valence electrons. The van der Waals surface area contributed by atoms with Crippen LogP contribution in [-0.2, 0) is 9.59 Å². The Labute approximate surface area is 144 Å². The highest BCUT2D eigenvalue weighted by Crippen LogP contribution is 2.39. The maximum atomic E-state index is 12.7. The van der Waals surface area contributed by atoms with Crippen molar-refractivity contribution in [2.75, 3.05) is 6.54 Å². The molecule has 1 aromatic rings. The molecule has 0 saturated carbocycles. The summed E-state index contributed by atoms with van der Waals surface area (Å²) in [5.41, 5.74) is 2.21. The molecule has 2 rings (SSSR count). The lowest BCUT2D eigenvalue weighted by Gasteiger charge is -2.27. The molecule has 0 aromatic heterocycles. The molecule has 24 heavy (non-hydrogen) atoms. The molecule has 1 atom stereocenters. The normalized spacial score (nSPS) is 18.0. The van der Waals surface area contributed by atoms with Gasteiger partial charge in [0.1, 0.15) is 0 Å². The summed E-state index contributed by atoms with van der Waals surface area (Å²) in [4.78, 5) is 26.9. The van der Waals surface area contributed by atoms with Crippen molar-refractivity contribution in [2.24, 2.45) is 5.92 Å². The monoisotopic (exact) mass is 329 g/mol. The van der Waals surface area contributed by atoms with Crippen LogP contribution in [0.25, 0.3) is 0 Å². The first kappa shape index (κ1) is 18.2. The van der Waals surface area contributed by atoms with Gasteiger partial charge in [0.15, 0.2) is 11.5 Å². The van der Waals surface area contributed by atoms with Crippen LogP contribution in [0, 0.1) is 12.8 Å². The van der Waals surface area contributed by atoms with Crippen LogP contribution in [0.3, 0.4) is 0 Å². The van der Waals surface area contributed by atoms with Gasteiger partial charge in [-0.1, -0.05) is 57.0 Å². The predicted octanol–water partition coefficient (Wildman–Crippen LogP) is 4.11. The van der Waals surface area contributed by atoms with Gasteiger partial charge in [-0.05, 0) is 24.8 Å². The second-order valence-corrected chi connectivity index (χ2v) is 6.95. The average molecular weight is 329 g/mol. The van der Waals surface area contributed by atoms with Crippen LogP contribution >= 0.6 is 0 Å². The Balaban J connectivity index is 2.47. The first-order chi connectivity index (χ1) is 11.4. The highest BCUT2D eigenvalue weighted by Gasteiger charge is 2.42. The van der Waals surface area contributed by atoms with Gasteiger partial charge in [-0.15, -0.1) is 0 Å². The second kappa shape index (κ2) is 7.65. The van der Waals surface area contributed by atoms with Crippen LogP contribution in [0.4, 0.5) is 0 Å². The number of benzene rings is 1. The summed E-state index contributed by atoms with van der Waals surface area (Å²) >= 11 is 0. The number of unbranched alkanes of at least 4 members (excludes halogenated alkanes) is 1. The molecule has 0 spiro atoms. The largest absolute Gasteiger partial charge is 0.503 e. The van der Waals surface area contributed by atoms with Crippen molar-refractivity contribution in [1.82, 2.24) is 4.90 Å². The highest BCUT2D eigenvalue weighted by atomic mass is 16.3. The van der Waals surface area contributed by atoms with Gasteiger partial charge in [0.25, 0.3) is 5.91 Å². The number of hydrogen-bond acceptors (Lipinski definition) is 3.